The van der Waals surface area contributed by atoms with Crippen LogP contribution < -0.4 is 0 Å². The summed E-state index contributed by atoms with van der Waals surface area (Å²) >= 11 is 0. The van der Waals surface area contributed by atoms with Gasteiger partial charge in [0.2, 0.25) is 5.91 Å². The van der Waals surface area contributed by atoms with E-state index in [1.807, 2.05) is 28.0 Å². The molecule has 1 unspecified atom stereocenters. The van der Waals surface area contributed by atoms with Gasteiger partial charge in [-0.3, -0.25) is 14.7 Å². The standard InChI is InChI=1S/C27H30N4O2/c1-18-12-19(2)14-23(13-18)20-7-10-30(11-8-20)27(33)22-4-3-9-31(17-22)26(32)21-5-6-25-24(15-21)16-28-29-25/h5-7,12-16,22H,3-4,8-11,17H2,1-2H3,(H,28,29). The number of aromatic amines is 1. The lowest BCUT2D eigenvalue weighted by atomic mass is 9.93. The number of amides is 2. The van der Waals surface area contributed by atoms with Crippen LogP contribution in [0.1, 0.15) is 46.3 Å². The van der Waals surface area contributed by atoms with Crippen molar-refractivity contribution in [3.05, 3.63) is 70.9 Å². The van der Waals surface area contributed by atoms with E-state index in [9.17, 15) is 9.59 Å². The summed E-state index contributed by atoms with van der Waals surface area (Å²) in [5.74, 6) is 0.0382. The summed E-state index contributed by atoms with van der Waals surface area (Å²) in [6.07, 6.45) is 6.49. The van der Waals surface area contributed by atoms with Gasteiger partial charge in [0.1, 0.15) is 0 Å². The Hall–Kier alpha value is -3.41. The fourth-order valence-electron chi connectivity index (χ4n) is 5.17. The van der Waals surface area contributed by atoms with Crippen LogP contribution in [0.4, 0.5) is 0 Å². The number of hydrogen-bond donors (Lipinski definition) is 1. The van der Waals surface area contributed by atoms with Crippen molar-refractivity contribution in [3.63, 3.8) is 0 Å². The highest BCUT2D eigenvalue weighted by Crippen LogP contribution is 2.27. The number of nitrogens with one attached hydrogen (secondary N) is 1. The van der Waals surface area contributed by atoms with Crippen LogP contribution in [-0.4, -0.2) is 58.0 Å². The number of carbonyl (C=O) groups is 2. The summed E-state index contributed by atoms with van der Waals surface area (Å²) in [6, 6.07) is 12.2. The van der Waals surface area contributed by atoms with E-state index in [4.69, 9.17) is 0 Å². The van der Waals surface area contributed by atoms with Crippen LogP contribution in [0.25, 0.3) is 16.5 Å². The van der Waals surface area contributed by atoms with Crippen molar-refractivity contribution >= 4 is 28.3 Å². The Morgan fingerprint density at radius 2 is 1.85 bits per heavy atom. The van der Waals surface area contributed by atoms with Gasteiger partial charge >= 0.3 is 0 Å². The molecule has 3 heterocycles. The van der Waals surface area contributed by atoms with Crippen LogP contribution in [0, 0.1) is 19.8 Å². The first-order chi connectivity index (χ1) is 16.0. The van der Waals surface area contributed by atoms with E-state index in [-0.39, 0.29) is 17.7 Å². The second-order valence-electron chi connectivity index (χ2n) is 9.40. The molecule has 2 aliphatic heterocycles. The highest BCUT2D eigenvalue weighted by atomic mass is 16.2. The van der Waals surface area contributed by atoms with E-state index in [1.54, 1.807) is 6.20 Å². The maximum Gasteiger partial charge on any atom is 0.253 e. The molecule has 5 rings (SSSR count). The van der Waals surface area contributed by atoms with E-state index in [1.165, 1.54) is 22.3 Å². The van der Waals surface area contributed by atoms with Gasteiger partial charge in [0.05, 0.1) is 17.6 Å². The van der Waals surface area contributed by atoms with Crippen LogP contribution in [0.2, 0.25) is 0 Å². The van der Waals surface area contributed by atoms with Crippen molar-refractivity contribution in [2.75, 3.05) is 26.2 Å². The number of carbonyl (C=O) groups excluding carboxylic acids is 2. The predicted molar refractivity (Wildman–Crippen MR) is 130 cm³/mol. The Kier molecular flexibility index (Phi) is 5.75. The average Bonchev–Trinajstić information content (AvgIpc) is 3.31. The molecule has 1 aromatic heterocycles. The number of likely N-dealkylation sites (tertiary alicyclic amines) is 1. The van der Waals surface area contributed by atoms with Gasteiger partial charge in [0.15, 0.2) is 0 Å². The van der Waals surface area contributed by atoms with E-state index >= 15 is 0 Å². The molecular formula is C27H30N4O2. The lowest BCUT2D eigenvalue weighted by Crippen LogP contribution is -2.47. The molecule has 0 bridgehead atoms. The van der Waals surface area contributed by atoms with Crippen LogP contribution in [0.3, 0.4) is 0 Å². The van der Waals surface area contributed by atoms with Crippen molar-refractivity contribution in [3.8, 4) is 0 Å². The van der Waals surface area contributed by atoms with E-state index in [2.05, 4.69) is 48.3 Å². The molecule has 170 valence electrons. The fraction of sp³-hybridized carbons (Fsp3) is 0.370. The zero-order chi connectivity index (χ0) is 22.9. The van der Waals surface area contributed by atoms with Crippen molar-refractivity contribution in [1.29, 1.82) is 0 Å². The van der Waals surface area contributed by atoms with Crippen molar-refractivity contribution < 1.29 is 9.59 Å². The number of aryl methyl sites for hydroxylation is 2. The fourth-order valence-corrected chi connectivity index (χ4v) is 5.17. The quantitative estimate of drug-likeness (QED) is 0.656. The molecule has 33 heavy (non-hydrogen) atoms. The highest BCUT2D eigenvalue weighted by molar-refractivity contribution is 5.98. The van der Waals surface area contributed by atoms with Crippen LogP contribution in [-0.2, 0) is 4.79 Å². The number of nitrogens with zero attached hydrogens (tertiary/aromatic N) is 3. The normalized spacial score (nSPS) is 19.0. The molecule has 0 radical (unpaired) electrons. The Morgan fingerprint density at radius 3 is 2.61 bits per heavy atom. The predicted octanol–water partition coefficient (Wildman–Crippen LogP) is 4.35. The van der Waals surface area contributed by atoms with Crippen molar-refractivity contribution in [2.24, 2.45) is 5.92 Å². The van der Waals surface area contributed by atoms with Gasteiger partial charge < -0.3 is 9.80 Å². The third-order valence-electron chi connectivity index (χ3n) is 6.86. The lowest BCUT2D eigenvalue weighted by molar-refractivity contribution is -0.136. The maximum absolute atomic E-state index is 13.3. The number of fused-ring (bicyclic) bond motifs is 1. The minimum atomic E-state index is -0.128. The third-order valence-corrected chi connectivity index (χ3v) is 6.86. The Balaban J connectivity index is 1.24. The summed E-state index contributed by atoms with van der Waals surface area (Å²) in [4.78, 5) is 30.2. The number of aromatic nitrogens is 2. The van der Waals surface area contributed by atoms with Gasteiger partial charge in [-0.25, -0.2) is 0 Å². The second kappa shape index (κ2) is 8.85. The van der Waals surface area contributed by atoms with Crippen LogP contribution >= 0.6 is 0 Å². The monoisotopic (exact) mass is 442 g/mol. The van der Waals surface area contributed by atoms with Gasteiger partial charge in [-0.05, 0) is 62.4 Å². The minimum absolute atomic E-state index is 0.00811. The minimum Gasteiger partial charge on any atom is -0.338 e. The second-order valence-corrected chi connectivity index (χ2v) is 9.40. The maximum atomic E-state index is 13.3. The first-order valence-corrected chi connectivity index (χ1v) is 11.8. The molecule has 1 N–H and O–H groups in total. The molecule has 2 amide bonds. The van der Waals surface area contributed by atoms with Gasteiger partial charge in [0, 0.05) is 37.1 Å². The zero-order valence-electron chi connectivity index (χ0n) is 19.3. The molecule has 3 aromatic rings. The summed E-state index contributed by atoms with van der Waals surface area (Å²) < 4.78 is 0. The largest absolute Gasteiger partial charge is 0.338 e. The lowest BCUT2D eigenvalue weighted by Gasteiger charge is -2.36. The molecule has 2 aliphatic rings. The number of piperidine rings is 1. The molecule has 0 aliphatic carbocycles. The summed E-state index contributed by atoms with van der Waals surface area (Å²) in [6.45, 7) is 6.81. The van der Waals surface area contributed by atoms with Crippen molar-refractivity contribution in [2.45, 2.75) is 33.1 Å². The summed E-state index contributed by atoms with van der Waals surface area (Å²) in [7, 11) is 0. The van der Waals surface area contributed by atoms with Gasteiger partial charge in [-0.2, -0.15) is 5.10 Å². The molecule has 6 nitrogen and oxygen atoms in total. The molecule has 0 saturated carbocycles. The molecule has 1 fully saturated rings. The Bertz CT molecular complexity index is 1220. The topological polar surface area (TPSA) is 69.3 Å². The SMILES string of the molecule is Cc1cc(C)cc(C2=CCN(C(=O)C3CCCN(C(=O)c4ccc5[nH]ncc5c4)C3)CC2)c1. The number of benzene rings is 2. The van der Waals surface area contributed by atoms with Crippen molar-refractivity contribution in [1.82, 2.24) is 20.0 Å². The molecule has 6 heteroatoms. The van der Waals surface area contributed by atoms with E-state index < -0.39 is 0 Å². The molecule has 2 aromatic carbocycles. The summed E-state index contributed by atoms with van der Waals surface area (Å²) in [5.41, 5.74) is 6.68. The number of H-pyrrole nitrogens is 1. The molecule has 0 spiro atoms. The first kappa shape index (κ1) is 21.4. The molecular weight excluding hydrogens is 412 g/mol. The van der Waals surface area contributed by atoms with Crippen LogP contribution in [0.5, 0.6) is 0 Å². The van der Waals surface area contributed by atoms with Crippen LogP contribution in [0.15, 0.2) is 48.7 Å². The van der Waals surface area contributed by atoms with Gasteiger partial charge in [-0.15, -0.1) is 0 Å². The Morgan fingerprint density at radius 1 is 1.03 bits per heavy atom. The highest BCUT2D eigenvalue weighted by Gasteiger charge is 2.32. The van der Waals surface area contributed by atoms with Gasteiger partial charge in [-0.1, -0.05) is 35.4 Å². The molecule has 1 saturated heterocycles. The van der Waals surface area contributed by atoms with E-state index in [0.29, 0.717) is 25.2 Å². The number of hydrogen-bond acceptors (Lipinski definition) is 3. The average molecular weight is 443 g/mol. The third kappa shape index (κ3) is 4.42. The first-order valence-electron chi connectivity index (χ1n) is 11.8. The van der Waals surface area contributed by atoms with Gasteiger partial charge in [0.25, 0.3) is 5.91 Å². The smallest absolute Gasteiger partial charge is 0.253 e. The summed E-state index contributed by atoms with van der Waals surface area (Å²) in [5, 5.41) is 7.86. The molecule has 1 atom stereocenters. The zero-order valence-corrected chi connectivity index (χ0v) is 19.3. The van der Waals surface area contributed by atoms with E-state index in [0.717, 1.165) is 36.7 Å². The Labute approximate surface area is 194 Å². The number of rotatable bonds is 3.